The SMILES string of the molecule is Cc1cc(NC(=O)Nc2ccc3c(c2)C(=O)N(CC(C)C)C3=O)ccc1Br. The summed E-state index contributed by atoms with van der Waals surface area (Å²) in [7, 11) is 0. The fraction of sp³-hybridized carbons (Fsp3) is 0.250. The summed E-state index contributed by atoms with van der Waals surface area (Å²) in [6, 6.07) is 9.80. The van der Waals surface area contributed by atoms with Crippen LogP contribution in [0.3, 0.4) is 0 Å². The summed E-state index contributed by atoms with van der Waals surface area (Å²) in [5.41, 5.74) is 2.80. The molecule has 7 heteroatoms. The smallest absolute Gasteiger partial charge is 0.308 e. The van der Waals surface area contributed by atoms with Crippen LogP contribution in [0, 0.1) is 12.8 Å². The lowest BCUT2D eigenvalue weighted by Crippen LogP contribution is -2.33. The molecule has 6 nitrogen and oxygen atoms in total. The van der Waals surface area contributed by atoms with Gasteiger partial charge in [0.05, 0.1) is 11.1 Å². The first-order valence-corrected chi connectivity index (χ1v) is 9.40. The lowest BCUT2D eigenvalue weighted by atomic mass is 10.1. The number of amides is 4. The molecule has 0 fully saturated rings. The zero-order valence-electron chi connectivity index (χ0n) is 15.3. The van der Waals surface area contributed by atoms with Crippen LogP contribution < -0.4 is 10.6 Å². The third kappa shape index (κ3) is 4.03. The lowest BCUT2D eigenvalue weighted by molar-refractivity contribution is 0.0636. The van der Waals surface area contributed by atoms with E-state index < -0.39 is 6.03 Å². The molecule has 0 saturated heterocycles. The normalized spacial score (nSPS) is 13.1. The summed E-state index contributed by atoms with van der Waals surface area (Å²) in [6.45, 7) is 6.20. The van der Waals surface area contributed by atoms with Crippen molar-refractivity contribution in [3.05, 3.63) is 57.6 Å². The quantitative estimate of drug-likeness (QED) is 0.693. The molecule has 2 N–H and O–H groups in total. The molecule has 0 bridgehead atoms. The van der Waals surface area contributed by atoms with Crippen LogP contribution in [0.1, 0.15) is 40.1 Å². The fourth-order valence-corrected chi connectivity index (χ4v) is 3.16. The molecule has 2 aromatic rings. The highest BCUT2D eigenvalue weighted by molar-refractivity contribution is 9.10. The molecular formula is C20H20BrN3O3. The molecule has 1 aliphatic rings. The minimum atomic E-state index is -0.424. The maximum atomic E-state index is 12.5. The van der Waals surface area contributed by atoms with Crippen molar-refractivity contribution in [3.8, 4) is 0 Å². The Hall–Kier alpha value is -2.67. The van der Waals surface area contributed by atoms with E-state index in [1.165, 1.54) is 4.90 Å². The molecule has 0 aromatic heterocycles. The van der Waals surface area contributed by atoms with Crippen LogP contribution in [-0.4, -0.2) is 29.3 Å². The van der Waals surface area contributed by atoms with E-state index in [1.807, 2.05) is 32.9 Å². The number of halogens is 1. The van der Waals surface area contributed by atoms with Gasteiger partial charge in [0.2, 0.25) is 0 Å². The van der Waals surface area contributed by atoms with E-state index in [4.69, 9.17) is 0 Å². The van der Waals surface area contributed by atoms with Gasteiger partial charge in [0.1, 0.15) is 0 Å². The minimum Gasteiger partial charge on any atom is -0.308 e. The largest absolute Gasteiger partial charge is 0.323 e. The zero-order chi connectivity index (χ0) is 19.7. The zero-order valence-corrected chi connectivity index (χ0v) is 16.9. The second-order valence-corrected chi connectivity index (χ2v) is 7.77. The number of nitrogens with zero attached hydrogens (tertiary/aromatic N) is 1. The number of aryl methyl sites for hydroxylation is 1. The molecule has 0 aliphatic carbocycles. The number of urea groups is 1. The van der Waals surface area contributed by atoms with Gasteiger partial charge in [-0.15, -0.1) is 0 Å². The van der Waals surface area contributed by atoms with Gasteiger partial charge in [-0.2, -0.15) is 0 Å². The highest BCUT2D eigenvalue weighted by Gasteiger charge is 2.35. The average Bonchev–Trinajstić information content (AvgIpc) is 2.82. The van der Waals surface area contributed by atoms with E-state index in [9.17, 15) is 14.4 Å². The first-order valence-electron chi connectivity index (χ1n) is 8.60. The number of imide groups is 1. The molecular weight excluding hydrogens is 410 g/mol. The van der Waals surface area contributed by atoms with Gasteiger partial charge in [-0.05, 0) is 54.8 Å². The second kappa shape index (κ2) is 7.52. The summed E-state index contributed by atoms with van der Waals surface area (Å²) in [4.78, 5) is 38.4. The molecule has 0 atom stereocenters. The highest BCUT2D eigenvalue weighted by Crippen LogP contribution is 2.27. The van der Waals surface area contributed by atoms with Crippen molar-refractivity contribution in [2.45, 2.75) is 20.8 Å². The summed E-state index contributed by atoms with van der Waals surface area (Å²) in [6.07, 6.45) is 0. The molecule has 1 aliphatic heterocycles. The van der Waals surface area contributed by atoms with Gasteiger partial charge in [-0.25, -0.2) is 4.79 Å². The number of nitrogens with one attached hydrogen (secondary N) is 2. The maximum Gasteiger partial charge on any atom is 0.323 e. The van der Waals surface area contributed by atoms with Crippen LogP contribution in [0.15, 0.2) is 40.9 Å². The molecule has 140 valence electrons. The van der Waals surface area contributed by atoms with E-state index >= 15 is 0 Å². The Kier molecular flexibility index (Phi) is 5.32. The van der Waals surface area contributed by atoms with Gasteiger partial charge in [0.25, 0.3) is 11.8 Å². The van der Waals surface area contributed by atoms with Crippen LogP contribution in [0.4, 0.5) is 16.2 Å². The van der Waals surface area contributed by atoms with Crippen LogP contribution in [-0.2, 0) is 0 Å². The van der Waals surface area contributed by atoms with E-state index in [-0.39, 0.29) is 17.7 Å². The van der Waals surface area contributed by atoms with Crippen molar-refractivity contribution in [1.29, 1.82) is 0 Å². The standard InChI is InChI=1S/C20H20BrN3O3/c1-11(2)10-24-18(25)15-6-4-14(9-16(15)19(24)26)23-20(27)22-13-5-7-17(21)12(3)8-13/h4-9,11H,10H2,1-3H3,(H2,22,23,27). The van der Waals surface area contributed by atoms with Crippen LogP contribution in [0.2, 0.25) is 0 Å². The molecule has 3 rings (SSSR count). The Morgan fingerprint density at radius 3 is 2.22 bits per heavy atom. The summed E-state index contributed by atoms with van der Waals surface area (Å²) in [5.74, 6) is -0.425. The van der Waals surface area contributed by atoms with Crippen molar-refractivity contribution < 1.29 is 14.4 Å². The molecule has 4 amide bonds. The Morgan fingerprint density at radius 2 is 1.59 bits per heavy atom. The number of anilines is 2. The summed E-state index contributed by atoms with van der Waals surface area (Å²) in [5, 5.41) is 5.45. The van der Waals surface area contributed by atoms with Gasteiger partial charge in [-0.3, -0.25) is 14.5 Å². The number of carbonyl (C=O) groups excluding carboxylic acids is 3. The van der Waals surface area contributed by atoms with E-state index in [0.29, 0.717) is 29.0 Å². The van der Waals surface area contributed by atoms with Gasteiger partial charge >= 0.3 is 6.03 Å². The van der Waals surface area contributed by atoms with Gasteiger partial charge in [-0.1, -0.05) is 29.8 Å². The summed E-state index contributed by atoms with van der Waals surface area (Å²) >= 11 is 3.42. The van der Waals surface area contributed by atoms with E-state index in [1.54, 1.807) is 24.3 Å². The first-order chi connectivity index (χ1) is 12.8. The highest BCUT2D eigenvalue weighted by atomic mass is 79.9. The molecule has 0 saturated carbocycles. The molecule has 0 spiro atoms. The number of benzene rings is 2. The molecule has 27 heavy (non-hydrogen) atoms. The fourth-order valence-electron chi connectivity index (χ4n) is 2.92. The van der Waals surface area contributed by atoms with Crippen LogP contribution in [0.25, 0.3) is 0 Å². The van der Waals surface area contributed by atoms with E-state index in [2.05, 4.69) is 26.6 Å². The van der Waals surface area contributed by atoms with Crippen molar-refractivity contribution in [3.63, 3.8) is 0 Å². The third-order valence-electron chi connectivity index (χ3n) is 4.19. The topological polar surface area (TPSA) is 78.5 Å². The Labute approximate surface area is 166 Å². The maximum absolute atomic E-state index is 12.5. The van der Waals surface area contributed by atoms with Gasteiger partial charge in [0.15, 0.2) is 0 Å². The van der Waals surface area contributed by atoms with Crippen molar-refractivity contribution >= 4 is 45.2 Å². The summed E-state index contributed by atoms with van der Waals surface area (Å²) < 4.78 is 0.959. The molecule has 0 radical (unpaired) electrons. The lowest BCUT2D eigenvalue weighted by Gasteiger charge is -2.15. The molecule has 0 unspecified atom stereocenters. The predicted molar refractivity (Wildman–Crippen MR) is 108 cm³/mol. The van der Waals surface area contributed by atoms with Gasteiger partial charge in [0, 0.05) is 22.4 Å². The third-order valence-corrected chi connectivity index (χ3v) is 5.08. The minimum absolute atomic E-state index is 0.185. The Morgan fingerprint density at radius 1 is 1.00 bits per heavy atom. The van der Waals surface area contributed by atoms with Crippen molar-refractivity contribution in [2.24, 2.45) is 5.92 Å². The molecule has 2 aromatic carbocycles. The van der Waals surface area contributed by atoms with E-state index in [0.717, 1.165) is 10.0 Å². The monoisotopic (exact) mass is 429 g/mol. The number of rotatable bonds is 4. The molecule has 1 heterocycles. The van der Waals surface area contributed by atoms with Crippen LogP contribution >= 0.6 is 15.9 Å². The Bertz CT molecular complexity index is 940. The predicted octanol–water partition coefficient (Wildman–Crippen LogP) is 4.65. The van der Waals surface area contributed by atoms with Crippen molar-refractivity contribution in [2.75, 3.05) is 17.2 Å². The average molecular weight is 430 g/mol. The van der Waals surface area contributed by atoms with Gasteiger partial charge < -0.3 is 10.6 Å². The number of fused-ring (bicyclic) bond motifs is 1. The Balaban J connectivity index is 1.74. The number of hydrogen-bond acceptors (Lipinski definition) is 3. The number of carbonyl (C=O) groups is 3. The van der Waals surface area contributed by atoms with Crippen LogP contribution in [0.5, 0.6) is 0 Å². The second-order valence-electron chi connectivity index (χ2n) is 6.92. The van der Waals surface area contributed by atoms with Crippen molar-refractivity contribution in [1.82, 2.24) is 4.90 Å². The first kappa shape index (κ1) is 19.1. The number of hydrogen-bond donors (Lipinski definition) is 2.